The Bertz CT molecular complexity index is 224. The predicted octanol–water partition coefficient (Wildman–Crippen LogP) is 1.59. The van der Waals surface area contributed by atoms with Crippen molar-refractivity contribution in [3.63, 3.8) is 0 Å². The summed E-state index contributed by atoms with van der Waals surface area (Å²) in [5, 5.41) is 3.58. The Balaban J connectivity index is 2.09. The first kappa shape index (κ1) is 11.4. The average molecular weight is 212 g/mol. The standard InChI is InChI=1S/C12H24N2O/c1-4-11(5-2)6-8-13-12(15-11)7-9-14(3)10-12/h13H,4-10H2,1-3H3. The molecule has 0 aliphatic carbocycles. The van der Waals surface area contributed by atoms with Crippen LogP contribution in [0.1, 0.15) is 39.5 Å². The van der Waals surface area contributed by atoms with Gasteiger partial charge in [0.2, 0.25) is 0 Å². The Kier molecular flexibility index (Phi) is 3.06. The fourth-order valence-corrected chi connectivity index (χ4v) is 2.96. The minimum atomic E-state index is -0.0426. The maximum absolute atomic E-state index is 6.44. The molecule has 15 heavy (non-hydrogen) atoms. The number of hydrogen-bond donors (Lipinski definition) is 1. The van der Waals surface area contributed by atoms with Gasteiger partial charge in [-0.2, -0.15) is 0 Å². The number of likely N-dealkylation sites (tertiary alicyclic amines) is 1. The Labute approximate surface area is 93.2 Å². The number of likely N-dealkylation sites (N-methyl/N-ethyl adjacent to an activating group) is 1. The summed E-state index contributed by atoms with van der Waals surface area (Å²) >= 11 is 0. The predicted molar refractivity (Wildman–Crippen MR) is 61.9 cm³/mol. The van der Waals surface area contributed by atoms with Gasteiger partial charge in [0.1, 0.15) is 5.72 Å². The van der Waals surface area contributed by atoms with E-state index in [9.17, 15) is 0 Å². The zero-order valence-electron chi connectivity index (χ0n) is 10.3. The van der Waals surface area contributed by atoms with Gasteiger partial charge in [0.15, 0.2) is 0 Å². The lowest BCUT2D eigenvalue weighted by Gasteiger charge is -2.47. The van der Waals surface area contributed by atoms with Crippen molar-refractivity contribution in [2.24, 2.45) is 0 Å². The molecule has 2 saturated heterocycles. The maximum Gasteiger partial charge on any atom is 0.133 e. The molecule has 2 aliphatic rings. The molecule has 2 rings (SSSR count). The quantitative estimate of drug-likeness (QED) is 0.752. The number of ether oxygens (including phenoxy) is 1. The second-order valence-electron chi connectivity index (χ2n) is 5.15. The van der Waals surface area contributed by atoms with Crippen molar-refractivity contribution in [1.82, 2.24) is 10.2 Å². The summed E-state index contributed by atoms with van der Waals surface area (Å²) in [4.78, 5) is 2.36. The lowest BCUT2D eigenvalue weighted by molar-refractivity contribution is -0.197. The van der Waals surface area contributed by atoms with Crippen LogP contribution < -0.4 is 5.32 Å². The van der Waals surface area contributed by atoms with E-state index >= 15 is 0 Å². The van der Waals surface area contributed by atoms with E-state index in [1.165, 1.54) is 0 Å². The third kappa shape index (κ3) is 2.05. The van der Waals surface area contributed by atoms with Crippen LogP contribution in [0.25, 0.3) is 0 Å². The summed E-state index contributed by atoms with van der Waals surface area (Å²) < 4.78 is 6.44. The summed E-state index contributed by atoms with van der Waals surface area (Å²) in [6.07, 6.45) is 4.56. The van der Waals surface area contributed by atoms with E-state index in [1.54, 1.807) is 0 Å². The first-order chi connectivity index (χ1) is 7.14. The van der Waals surface area contributed by atoms with E-state index in [2.05, 4.69) is 31.1 Å². The lowest BCUT2D eigenvalue weighted by Crippen LogP contribution is -2.60. The highest BCUT2D eigenvalue weighted by Gasteiger charge is 2.46. The molecule has 2 aliphatic heterocycles. The highest BCUT2D eigenvalue weighted by Crippen LogP contribution is 2.36. The topological polar surface area (TPSA) is 24.5 Å². The third-order valence-electron chi connectivity index (χ3n) is 4.15. The van der Waals surface area contributed by atoms with Crippen molar-refractivity contribution >= 4 is 0 Å². The van der Waals surface area contributed by atoms with Crippen LogP contribution in [-0.2, 0) is 4.74 Å². The second-order valence-corrected chi connectivity index (χ2v) is 5.15. The molecule has 1 atom stereocenters. The van der Waals surface area contributed by atoms with Crippen LogP contribution >= 0.6 is 0 Å². The van der Waals surface area contributed by atoms with Crippen LogP contribution in [0.15, 0.2) is 0 Å². The first-order valence-electron chi connectivity index (χ1n) is 6.27. The normalized spacial score (nSPS) is 36.2. The van der Waals surface area contributed by atoms with E-state index in [4.69, 9.17) is 4.74 Å². The Morgan fingerprint density at radius 2 is 2.00 bits per heavy atom. The van der Waals surface area contributed by atoms with Crippen LogP contribution in [-0.4, -0.2) is 42.9 Å². The van der Waals surface area contributed by atoms with Crippen LogP contribution in [0.5, 0.6) is 0 Å². The van der Waals surface area contributed by atoms with Gasteiger partial charge in [0, 0.05) is 26.1 Å². The second kappa shape index (κ2) is 4.04. The summed E-state index contributed by atoms with van der Waals surface area (Å²) in [5.41, 5.74) is 0.0927. The molecule has 0 saturated carbocycles. The van der Waals surface area contributed by atoms with Gasteiger partial charge in [-0.25, -0.2) is 0 Å². The zero-order valence-corrected chi connectivity index (χ0v) is 10.3. The van der Waals surface area contributed by atoms with Gasteiger partial charge in [-0.3, -0.25) is 5.32 Å². The Morgan fingerprint density at radius 3 is 2.53 bits per heavy atom. The molecule has 0 radical (unpaired) electrons. The van der Waals surface area contributed by atoms with Gasteiger partial charge in [0.25, 0.3) is 0 Å². The molecular weight excluding hydrogens is 188 g/mol. The molecule has 1 N–H and O–H groups in total. The average Bonchev–Trinajstić information content (AvgIpc) is 2.59. The van der Waals surface area contributed by atoms with Crippen molar-refractivity contribution in [2.45, 2.75) is 50.9 Å². The SMILES string of the molecule is CCC1(CC)CCNC2(CCN(C)C2)O1. The van der Waals surface area contributed by atoms with Crippen LogP contribution in [0.2, 0.25) is 0 Å². The molecular formula is C12H24N2O. The van der Waals surface area contributed by atoms with Gasteiger partial charge >= 0.3 is 0 Å². The molecule has 0 amide bonds. The number of nitrogens with one attached hydrogen (secondary N) is 1. The monoisotopic (exact) mass is 212 g/mol. The van der Waals surface area contributed by atoms with Crippen molar-refractivity contribution in [2.75, 3.05) is 26.7 Å². The lowest BCUT2D eigenvalue weighted by atomic mass is 9.90. The molecule has 0 aromatic heterocycles. The minimum absolute atomic E-state index is 0.0426. The molecule has 88 valence electrons. The maximum atomic E-state index is 6.44. The third-order valence-corrected chi connectivity index (χ3v) is 4.15. The summed E-state index contributed by atoms with van der Waals surface area (Å²) in [7, 11) is 2.17. The van der Waals surface area contributed by atoms with Crippen LogP contribution in [0.4, 0.5) is 0 Å². The number of hydrogen-bond acceptors (Lipinski definition) is 3. The molecule has 0 aromatic carbocycles. The molecule has 2 fully saturated rings. The van der Waals surface area contributed by atoms with E-state index < -0.39 is 0 Å². The number of rotatable bonds is 2. The van der Waals surface area contributed by atoms with Gasteiger partial charge < -0.3 is 9.64 Å². The highest BCUT2D eigenvalue weighted by atomic mass is 16.5. The fraction of sp³-hybridized carbons (Fsp3) is 1.00. The van der Waals surface area contributed by atoms with Crippen LogP contribution in [0, 0.1) is 0 Å². The van der Waals surface area contributed by atoms with E-state index in [0.717, 1.165) is 45.3 Å². The van der Waals surface area contributed by atoms with Gasteiger partial charge in [0.05, 0.1) is 5.60 Å². The zero-order chi connectivity index (χ0) is 10.9. The first-order valence-corrected chi connectivity index (χ1v) is 6.27. The fourth-order valence-electron chi connectivity index (χ4n) is 2.96. The summed E-state index contributed by atoms with van der Waals surface area (Å²) in [6, 6.07) is 0. The molecule has 0 aromatic rings. The van der Waals surface area contributed by atoms with E-state index in [0.29, 0.717) is 0 Å². The van der Waals surface area contributed by atoms with Crippen LogP contribution in [0.3, 0.4) is 0 Å². The minimum Gasteiger partial charge on any atom is -0.353 e. The van der Waals surface area contributed by atoms with Crippen molar-refractivity contribution in [3.05, 3.63) is 0 Å². The van der Waals surface area contributed by atoms with Gasteiger partial charge in [-0.15, -0.1) is 0 Å². The highest BCUT2D eigenvalue weighted by molar-refractivity contribution is 4.96. The van der Waals surface area contributed by atoms with Crippen molar-refractivity contribution in [3.8, 4) is 0 Å². The van der Waals surface area contributed by atoms with E-state index in [-0.39, 0.29) is 11.3 Å². The smallest absolute Gasteiger partial charge is 0.133 e. The molecule has 2 heterocycles. The molecule has 1 spiro atoms. The van der Waals surface area contributed by atoms with Gasteiger partial charge in [-0.05, 0) is 26.3 Å². The van der Waals surface area contributed by atoms with Crippen molar-refractivity contribution < 1.29 is 4.74 Å². The molecule has 1 unspecified atom stereocenters. The van der Waals surface area contributed by atoms with Crippen molar-refractivity contribution in [1.29, 1.82) is 0 Å². The van der Waals surface area contributed by atoms with E-state index in [1.807, 2.05) is 0 Å². The largest absolute Gasteiger partial charge is 0.353 e. The molecule has 0 bridgehead atoms. The Hall–Kier alpha value is -0.120. The Morgan fingerprint density at radius 1 is 1.27 bits per heavy atom. The number of nitrogens with zero attached hydrogens (tertiary/aromatic N) is 1. The summed E-state index contributed by atoms with van der Waals surface area (Å²) in [6.45, 7) is 7.79. The molecule has 3 nitrogen and oxygen atoms in total. The summed E-state index contributed by atoms with van der Waals surface area (Å²) in [5.74, 6) is 0. The van der Waals surface area contributed by atoms with Gasteiger partial charge in [-0.1, -0.05) is 13.8 Å². The molecule has 3 heteroatoms.